The van der Waals surface area contributed by atoms with E-state index in [0.717, 1.165) is 12.2 Å². The summed E-state index contributed by atoms with van der Waals surface area (Å²) < 4.78 is 1.95. The van der Waals surface area contributed by atoms with E-state index in [1.165, 1.54) is 0 Å². The Balaban J connectivity index is 1.77. The Labute approximate surface area is 99.4 Å². The maximum atomic E-state index is 11.4. The van der Waals surface area contributed by atoms with Gasteiger partial charge in [-0.25, -0.2) is 4.98 Å². The number of amides is 2. The molecule has 1 fully saturated rings. The highest BCUT2D eigenvalue weighted by atomic mass is 16.2. The van der Waals surface area contributed by atoms with Crippen LogP contribution in [0.1, 0.15) is 18.7 Å². The SMILES string of the molecule is Cn1ccnc1CCNC1CCC(=O)NC1=O. The molecule has 6 nitrogen and oxygen atoms in total. The first-order chi connectivity index (χ1) is 8.16. The number of nitrogens with one attached hydrogen (secondary N) is 2. The summed E-state index contributed by atoms with van der Waals surface area (Å²) in [5.41, 5.74) is 0. The van der Waals surface area contributed by atoms with E-state index in [1.54, 1.807) is 6.20 Å². The van der Waals surface area contributed by atoms with Crippen LogP contribution < -0.4 is 10.6 Å². The van der Waals surface area contributed by atoms with Crippen molar-refractivity contribution in [2.24, 2.45) is 7.05 Å². The highest BCUT2D eigenvalue weighted by molar-refractivity contribution is 6.00. The van der Waals surface area contributed by atoms with Gasteiger partial charge in [0.2, 0.25) is 11.8 Å². The molecule has 1 saturated heterocycles. The van der Waals surface area contributed by atoms with Gasteiger partial charge < -0.3 is 9.88 Å². The Kier molecular flexibility index (Phi) is 3.53. The predicted molar refractivity (Wildman–Crippen MR) is 61.1 cm³/mol. The highest BCUT2D eigenvalue weighted by Gasteiger charge is 2.25. The zero-order chi connectivity index (χ0) is 12.3. The average molecular weight is 236 g/mol. The van der Waals surface area contributed by atoms with Crippen molar-refractivity contribution in [1.29, 1.82) is 0 Å². The van der Waals surface area contributed by atoms with Gasteiger partial charge in [0.15, 0.2) is 0 Å². The lowest BCUT2D eigenvalue weighted by Crippen LogP contribution is -2.51. The molecule has 0 aromatic carbocycles. The Hall–Kier alpha value is -1.69. The molecule has 0 spiro atoms. The zero-order valence-corrected chi connectivity index (χ0v) is 9.77. The van der Waals surface area contributed by atoms with Crippen LogP contribution in [0.2, 0.25) is 0 Å². The molecule has 1 aromatic heterocycles. The molecule has 17 heavy (non-hydrogen) atoms. The predicted octanol–water partition coefficient (Wildman–Crippen LogP) is -0.643. The minimum atomic E-state index is -0.257. The number of carbonyl (C=O) groups is 2. The largest absolute Gasteiger partial charge is 0.338 e. The molecule has 0 saturated carbocycles. The van der Waals surface area contributed by atoms with Crippen LogP contribution >= 0.6 is 0 Å². The smallest absolute Gasteiger partial charge is 0.243 e. The van der Waals surface area contributed by atoms with Gasteiger partial charge in [-0.05, 0) is 6.42 Å². The third-order valence-electron chi connectivity index (χ3n) is 2.90. The van der Waals surface area contributed by atoms with Gasteiger partial charge >= 0.3 is 0 Å². The van der Waals surface area contributed by atoms with Gasteiger partial charge in [0.25, 0.3) is 0 Å². The van der Waals surface area contributed by atoms with Crippen LogP contribution in [-0.2, 0) is 23.1 Å². The minimum absolute atomic E-state index is 0.183. The van der Waals surface area contributed by atoms with E-state index >= 15 is 0 Å². The topological polar surface area (TPSA) is 76.0 Å². The van der Waals surface area contributed by atoms with Crippen molar-refractivity contribution in [2.75, 3.05) is 6.54 Å². The Morgan fingerprint density at radius 3 is 3.06 bits per heavy atom. The van der Waals surface area contributed by atoms with Gasteiger partial charge in [0, 0.05) is 38.8 Å². The second-order valence-electron chi connectivity index (χ2n) is 4.16. The van der Waals surface area contributed by atoms with Gasteiger partial charge in [-0.15, -0.1) is 0 Å². The molecule has 1 aliphatic heterocycles. The zero-order valence-electron chi connectivity index (χ0n) is 9.77. The van der Waals surface area contributed by atoms with Gasteiger partial charge in [0.1, 0.15) is 5.82 Å². The number of imidazole rings is 1. The van der Waals surface area contributed by atoms with Crippen molar-refractivity contribution in [3.05, 3.63) is 18.2 Å². The van der Waals surface area contributed by atoms with Crippen molar-refractivity contribution in [3.8, 4) is 0 Å². The summed E-state index contributed by atoms with van der Waals surface area (Å²) in [5, 5.41) is 5.46. The summed E-state index contributed by atoms with van der Waals surface area (Å²) in [7, 11) is 1.94. The van der Waals surface area contributed by atoms with Crippen LogP contribution in [0.3, 0.4) is 0 Å². The molecular weight excluding hydrogens is 220 g/mol. The van der Waals surface area contributed by atoms with E-state index in [1.807, 2.05) is 17.8 Å². The fourth-order valence-electron chi connectivity index (χ4n) is 1.88. The van der Waals surface area contributed by atoms with Crippen LogP contribution in [-0.4, -0.2) is 34.0 Å². The fraction of sp³-hybridized carbons (Fsp3) is 0.545. The Morgan fingerprint density at radius 1 is 1.59 bits per heavy atom. The van der Waals surface area contributed by atoms with Crippen molar-refractivity contribution in [3.63, 3.8) is 0 Å². The van der Waals surface area contributed by atoms with E-state index in [0.29, 0.717) is 19.4 Å². The van der Waals surface area contributed by atoms with Crippen molar-refractivity contribution in [2.45, 2.75) is 25.3 Å². The summed E-state index contributed by atoms with van der Waals surface area (Å²) in [4.78, 5) is 26.6. The fourth-order valence-corrected chi connectivity index (χ4v) is 1.88. The maximum Gasteiger partial charge on any atom is 0.243 e. The quantitative estimate of drug-likeness (QED) is 0.682. The second-order valence-corrected chi connectivity index (χ2v) is 4.16. The lowest BCUT2D eigenvalue weighted by atomic mass is 10.1. The summed E-state index contributed by atoms with van der Waals surface area (Å²) in [6, 6.07) is -0.257. The number of aryl methyl sites for hydroxylation is 1. The minimum Gasteiger partial charge on any atom is -0.338 e. The van der Waals surface area contributed by atoms with Crippen LogP contribution in [0.5, 0.6) is 0 Å². The number of carbonyl (C=O) groups excluding carboxylic acids is 2. The van der Waals surface area contributed by atoms with Crippen LogP contribution in [0.25, 0.3) is 0 Å². The molecule has 6 heteroatoms. The molecule has 1 aromatic rings. The third kappa shape index (κ3) is 2.91. The number of hydrogen-bond acceptors (Lipinski definition) is 4. The molecule has 1 aliphatic rings. The normalized spacial score (nSPS) is 20.4. The van der Waals surface area contributed by atoms with Crippen molar-refractivity contribution in [1.82, 2.24) is 20.2 Å². The molecule has 1 atom stereocenters. The molecule has 2 N–H and O–H groups in total. The number of piperidine rings is 1. The van der Waals surface area contributed by atoms with Gasteiger partial charge in [0.05, 0.1) is 6.04 Å². The first kappa shape index (κ1) is 11.8. The third-order valence-corrected chi connectivity index (χ3v) is 2.90. The summed E-state index contributed by atoms with van der Waals surface area (Å²) in [6.07, 6.45) is 5.39. The van der Waals surface area contributed by atoms with E-state index < -0.39 is 0 Å². The number of imide groups is 1. The first-order valence-corrected chi connectivity index (χ1v) is 5.70. The monoisotopic (exact) mass is 236 g/mol. The highest BCUT2D eigenvalue weighted by Crippen LogP contribution is 2.04. The average Bonchev–Trinajstić information content (AvgIpc) is 2.68. The molecule has 1 unspecified atom stereocenters. The van der Waals surface area contributed by atoms with Crippen LogP contribution in [0, 0.1) is 0 Å². The number of aromatic nitrogens is 2. The first-order valence-electron chi connectivity index (χ1n) is 5.70. The van der Waals surface area contributed by atoms with E-state index in [-0.39, 0.29) is 17.9 Å². The Morgan fingerprint density at radius 2 is 2.41 bits per heavy atom. The van der Waals surface area contributed by atoms with Crippen LogP contribution in [0.15, 0.2) is 12.4 Å². The van der Waals surface area contributed by atoms with Gasteiger partial charge in [-0.1, -0.05) is 0 Å². The molecule has 92 valence electrons. The number of rotatable bonds is 4. The standard InChI is InChI=1S/C11H16N4O2/c1-15-7-6-13-9(15)4-5-12-8-2-3-10(16)14-11(8)17/h6-8,12H,2-5H2,1H3,(H,14,16,17). The maximum absolute atomic E-state index is 11.4. The van der Waals surface area contributed by atoms with Crippen LogP contribution in [0.4, 0.5) is 0 Å². The molecule has 2 heterocycles. The van der Waals surface area contributed by atoms with Gasteiger partial charge in [-0.2, -0.15) is 0 Å². The molecule has 0 bridgehead atoms. The summed E-state index contributed by atoms with van der Waals surface area (Å²) >= 11 is 0. The van der Waals surface area contributed by atoms with E-state index in [4.69, 9.17) is 0 Å². The second kappa shape index (κ2) is 5.09. The lowest BCUT2D eigenvalue weighted by Gasteiger charge is -2.21. The Bertz CT molecular complexity index is 427. The summed E-state index contributed by atoms with van der Waals surface area (Å²) in [6.45, 7) is 0.678. The lowest BCUT2D eigenvalue weighted by molar-refractivity contribution is -0.134. The molecule has 0 aliphatic carbocycles. The molecule has 0 radical (unpaired) electrons. The van der Waals surface area contributed by atoms with E-state index in [2.05, 4.69) is 15.6 Å². The van der Waals surface area contributed by atoms with Gasteiger partial charge in [-0.3, -0.25) is 14.9 Å². The molecular formula is C11H16N4O2. The number of nitrogens with zero attached hydrogens (tertiary/aromatic N) is 2. The number of hydrogen-bond donors (Lipinski definition) is 2. The molecule has 2 amide bonds. The van der Waals surface area contributed by atoms with Crippen molar-refractivity contribution < 1.29 is 9.59 Å². The van der Waals surface area contributed by atoms with E-state index in [9.17, 15) is 9.59 Å². The summed E-state index contributed by atoms with van der Waals surface area (Å²) in [5.74, 6) is 0.572. The van der Waals surface area contributed by atoms with Crippen molar-refractivity contribution >= 4 is 11.8 Å². The molecule has 2 rings (SSSR count).